The molecular weight excluding hydrogens is 224 g/mol. The molecule has 0 aliphatic rings. The largest absolute Gasteiger partial charge is 0.325 e. The van der Waals surface area contributed by atoms with Gasteiger partial charge >= 0.3 is 0 Å². The molecule has 0 radical (unpaired) electrons. The molecule has 2 rings (SSSR count). The lowest BCUT2D eigenvalue weighted by molar-refractivity contribution is 0.972. The van der Waals surface area contributed by atoms with E-state index >= 15 is 0 Å². The second-order valence-electron chi connectivity index (χ2n) is 3.95. The first kappa shape index (κ1) is 12.1. The van der Waals surface area contributed by atoms with Crippen LogP contribution in [0.5, 0.6) is 0 Å². The summed E-state index contributed by atoms with van der Waals surface area (Å²) in [5.74, 6) is 0.750. The van der Waals surface area contributed by atoms with Crippen molar-refractivity contribution in [3.63, 3.8) is 0 Å². The molecule has 1 aromatic carbocycles. The van der Waals surface area contributed by atoms with Crippen molar-refractivity contribution in [1.82, 2.24) is 9.97 Å². The molecule has 0 saturated carbocycles. The molecule has 0 spiro atoms. The Morgan fingerprint density at radius 2 is 1.89 bits per heavy atom. The second-order valence-corrected chi connectivity index (χ2v) is 3.95. The van der Waals surface area contributed by atoms with Crippen LogP contribution in [0.15, 0.2) is 36.7 Å². The monoisotopic (exact) mass is 238 g/mol. The van der Waals surface area contributed by atoms with Gasteiger partial charge in [-0.25, -0.2) is 9.97 Å². The zero-order chi connectivity index (χ0) is 13.0. The van der Waals surface area contributed by atoms with Crippen molar-refractivity contribution in [2.45, 2.75) is 13.8 Å². The average Bonchev–Trinajstić information content (AvgIpc) is 2.42. The third-order valence-electron chi connectivity index (χ3n) is 2.69. The van der Waals surface area contributed by atoms with Crippen LogP contribution >= 0.6 is 0 Å². The first-order valence-corrected chi connectivity index (χ1v) is 5.81. The Balaban J connectivity index is 2.33. The first-order valence-electron chi connectivity index (χ1n) is 5.81. The van der Waals surface area contributed by atoms with Gasteiger partial charge in [0.15, 0.2) is 11.5 Å². The van der Waals surface area contributed by atoms with E-state index in [-0.39, 0.29) is 0 Å². The summed E-state index contributed by atoms with van der Waals surface area (Å²) < 4.78 is 0. The molecule has 0 atom stereocenters. The van der Waals surface area contributed by atoms with E-state index < -0.39 is 0 Å². The van der Waals surface area contributed by atoms with Crippen LogP contribution < -0.4 is 4.90 Å². The zero-order valence-electron chi connectivity index (χ0n) is 10.5. The summed E-state index contributed by atoms with van der Waals surface area (Å²) in [6, 6.07) is 10.2. The molecule has 0 saturated heterocycles. The van der Waals surface area contributed by atoms with E-state index in [1.165, 1.54) is 11.8 Å². The van der Waals surface area contributed by atoms with Crippen LogP contribution in [0.1, 0.15) is 18.2 Å². The quantitative estimate of drug-likeness (QED) is 0.825. The highest BCUT2D eigenvalue weighted by molar-refractivity contribution is 5.59. The predicted octanol–water partition coefficient (Wildman–Crippen LogP) is 2.81. The Morgan fingerprint density at radius 3 is 2.39 bits per heavy atom. The molecule has 0 amide bonds. The summed E-state index contributed by atoms with van der Waals surface area (Å²) in [4.78, 5) is 10.4. The Hall–Kier alpha value is -2.41. The molecule has 0 aliphatic carbocycles. The first-order chi connectivity index (χ1) is 8.74. The SMILES string of the molecule is CCN(c1ccc(C)cc1)c1cnc(C#N)cn1. The van der Waals surface area contributed by atoms with Crippen LogP contribution in [0.25, 0.3) is 0 Å². The molecule has 90 valence electrons. The highest BCUT2D eigenvalue weighted by Crippen LogP contribution is 2.22. The van der Waals surface area contributed by atoms with Gasteiger partial charge in [-0.3, -0.25) is 0 Å². The number of hydrogen-bond acceptors (Lipinski definition) is 4. The van der Waals surface area contributed by atoms with Gasteiger partial charge in [0.1, 0.15) is 6.07 Å². The van der Waals surface area contributed by atoms with Crippen molar-refractivity contribution in [2.75, 3.05) is 11.4 Å². The summed E-state index contributed by atoms with van der Waals surface area (Å²) in [5, 5.41) is 8.71. The highest BCUT2D eigenvalue weighted by Gasteiger charge is 2.08. The number of aromatic nitrogens is 2. The van der Waals surface area contributed by atoms with Crippen molar-refractivity contribution >= 4 is 11.5 Å². The number of benzene rings is 1. The molecule has 1 heterocycles. The molecule has 4 heteroatoms. The van der Waals surface area contributed by atoms with E-state index in [1.54, 1.807) is 6.20 Å². The molecule has 0 N–H and O–H groups in total. The third kappa shape index (κ3) is 2.46. The fourth-order valence-electron chi connectivity index (χ4n) is 1.72. The van der Waals surface area contributed by atoms with Crippen molar-refractivity contribution < 1.29 is 0 Å². The molecular formula is C14H14N4. The lowest BCUT2D eigenvalue weighted by Gasteiger charge is -2.21. The molecule has 0 bridgehead atoms. The van der Waals surface area contributed by atoms with Crippen LogP contribution in [0, 0.1) is 18.3 Å². The fourth-order valence-corrected chi connectivity index (χ4v) is 1.72. The summed E-state index contributed by atoms with van der Waals surface area (Å²) in [6.45, 7) is 4.91. The average molecular weight is 238 g/mol. The van der Waals surface area contributed by atoms with Gasteiger partial charge in [0.25, 0.3) is 0 Å². The fraction of sp³-hybridized carbons (Fsp3) is 0.214. The third-order valence-corrected chi connectivity index (χ3v) is 2.69. The zero-order valence-corrected chi connectivity index (χ0v) is 10.5. The number of hydrogen-bond donors (Lipinski definition) is 0. The van der Waals surface area contributed by atoms with Crippen molar-refractivity contribution in [3.8, 4) is 6.07 Å². The van der Waals surface area contributed by atoms with Gasteiger partial charge in [0.05, 0.1) is 12.4 Å². The minimum absolute atomic E-state index is 0.332. The minimum Gasteiger partial charge on any atom is -0.325 e. The molecule has 4 nitrogen and oxygen atoms in total. The van der Waals surface area contributed by atoms with Gasteiger partial charge in [-0.05, 0) is 26.0 Å². The minimum atomic E-state index is 0.332. The Kier molecular flexibility index (Phi) is 3.54. The summed E-state index contributed by atoms with van der Waals surface area (Å²) in [6.07, 6.45) is 3.12. The lowest BCUT2D eigenvalue weighted by Crippen LogP contribution is -2.17. The van der Waals surface area contributed by atoms with E-state index in [9.17, 15) is 0 Å². The number of aryl methyl sites for hydroxylation is 1. The smallest absolute Gasteiger partial charge is 0.158 e. The number of nitrogens with zero attached hydrogens (tertiary/aromatic N) is 4. The Labute approximate surface area is 107 Å². The molecule has 18 heavy (non-hydrogen) atoms. The molecule has 2 aromatic rings. The van der Waals surface area contributed by atoms with Crippen molar-refractivity contribution in [3.05, 3.63) is 47.9 Å². The van der Waals surface area contributed by atoms with Crippen LogP contribution in [0.4, 0.5) is 11.5 Å². The van der Waals surface area contributed by atoms with Crippen LogP contribution in [-0.4, -0.2) is 16.5 Å². The van der Waals surface area contributed by atoms with E-state index in [0.717, 1.165) is 18.1 Å². The molecule has 1 aromatic heterocycles. The predicted molar refractivity (Wildman–Crippen MR) is 70.6 cm³/mol. The van der Waals surface area contributed by atoms with Crippen LogP contribution in [0.3, 0.4) is 0 Å². The van der Waals surface area contributed by atoms with Crippen molar-refractivity contribution in [1.29, 1.82) is 5.26 Å². The van der Waals surface area contributed by atoms with Gasteiger partial charge in [0, 0.05) is 12.2 Å². The Morgan fingerprint density at radius 1 is 1.17 bits per heavy atom. The molecule has 0 aliphatic heterocycles. The lowest BCUT2D eigenvalue weighted by atomic mass is 10.2. The number of nitriles is 1. The maximum absolute atomic E-state index is 8.71. The van der Waals surface area contributed by atoms with Gasteiger partial charge in [0.2, 0.25) is 0 Å². The van der Waals surface area contributed by atoms with Gasteiger partial charge in [-0.1, -0.05) is 17.7 Å². The van der Waals surface area contributed by atoms with Crippen LogP contribution in [0.2, 0.25) is 0 Å². The Bertz CT molecular complexity index is 552. The number of rotatable bonds is 3. The number of anilines is 2. The maximum atomic E-state index is 8.71. The van der Waals surface area contributed by atoms with E-state index in [1.807, 2.05) is 11.0 Å². The highest BCUT2D eigenvalue weighted by atomic mass is 15.2. The maximum Gasteiger partial charge on any atom is 0.158 e. The van der Waals surface area contributed by atoms with Gasteiger partial charge in [-0.2, -0.15) is 5.26 Å². The van der Waals surface area contributed by atoms with Crippen LogP contribution in [-0.2, 0) is 0 Å². The van der Waals surface area contributed by atoms with Gasteiger partial charge < -0.3 is 4.90 Å². The summed E-state index contributed by atoms with van der Waals surface area (Å²) >= 11 is 0. The van der Waals surface area contributed by atoms with Gasteiger partial charge in [-0.15, -0.1) is 0 Å². The molecule has 0 fully saturated rings. The molecule has 0 unspecified atom stereocenters. The summed E-state index contributed by atoms with van der Waals surface area (Å²) in [7, 11) is 0. The second kappa shape index (κ2) is 5.28. The topological polar surface area (TPSA) is 52.8 Å². The normalized spacial score (nSPS) is 9.83. The van der Waals surface area contributed by atoms with E-state index in [2.05, 4.69) is 48.1 Å². The standard InChI is InChI=1S/C14H14N4/c1-3-18(13-6-4-11(2)5-7-13)14-10-16-12(8-15)9-17-14/h4-7,9-10H,3H2,1-2H3. The van der Waals surface area contributed by atoms with E-state index in [4.69, 9.17) is 5.26 Å². The van der Waals surface area contributed by atoms with E-state index in [0.29, 0.717) is 5.69 Å². The van der Waals surface area contributed by atoms with Crippen molar-refractivity contribution in [2.24, 2.45) is 0 Å². The summed E-state index contributed by atoms with van der Waals surface area (Å²) in [5.41, 5.74) is 2.63.